The second-order valence-electron chi connectivity index (χ2n) is 4.61. The van der Waals surface area contributed by atoms with Crippen LogP contribution >= 0.6 is 0 Å². The molecule has 0 fully saturated rings. The summed E-state index contributed by atoms with van der Waals surface area (Å²) in [6.45, 7) is 1.84. The van der Waals surface area contributed by atoms with Gasteiger partial charge in [0.2, 0.25) is 0 Å². The number of alkyl halides is 3. The van der Waals surface area contributed by atoms with Crippen LogP contribution in [-0.4, -0.2) is 14.8 Å². The van der Waals surface area contributed by atoms with Gasteiger partial charge >= 0.3 is 6.36 Å². The van der Waals surface area contributed by atoms with E-state index in [0.717, 1.165) is 17.7 Å². The average molecular weight is 345 g/mol. The zero-order valence-corrected chi connectivity index (χ0v) is 12.9. The first-order valence-electron chi connectivity index (χ1n) is 6.68. The smallest absolute Gasteiger partial charge is 0.404 e. The van der Waals surface area contributed by atoms with Crippen LogP contribution in [0.5, 0.6) is 5.75 Å². The van der Waals surface area contributed by atoms with Crippen molar-refractivity contribution in [2.45, 2.75) is 24.6 Å². The molecule has 2 aromatic rings. The number of para-hydroxylation sites is 2. The molecule has 8 heteroatoms. The van der Waals surface area contributed by atoms with E-state index in [0.29, 0.717) is 12.1 Å². The topological polar surface area (TPSA) is 55.4 Å². The van der Waals surface area contributed by atoms with Crippen molar-refractivity contribution >= 4 is 15.7 Å². The highest BCUT2D eigenvalue weighted by Crippen LogP contribution is 2.31. The molecule has 0 aliphatic rings. The molecule has 4 nitrogen and oxygen atoms in total. The van der Waals surface area contributed by atoms with Gasteiger partial charge in [-0.15, -0.1) is 13.2 Å². The lowest BCUT2D eigenvalue weighted by Crippen LogP contribution is -2.21. The minimum Gasteiger partial charge on any atom is -0.404 e. The number of nitrogens with one attached hydrogen (secondary N) is 1. The molecule has 2 aromatic carbocycles. The van der Waals surface area contributed by atoms with Crippen LogP contribution in [0.4, 0.5) is 18.9 Å². The van der Waals surface area contributed by atoms with Crippen molar-refractivity contribution in [2.24, 2.45) is 0 Å². The summed E-state index contributed by atoms with van der Waals surface area (Å²) >= 11 is 0. The number of rotatable bonds is 5. The maximum absolute atomic E-state index is 12.4. The standard InChI is InChI=1S/C15H14F3NO3S/c1-2-11-7-3-4-8-12(11)19-23(20,21)14-10-6-5-9-13(14)22-15(16,17)18/h3-10,19H,2H2,1H3. The molecule has 0 aliphatic carbocycles. The predicted octanol–water partition coefficient (Wildman–Crippen LogP) is 3.95. The Kier molecular flexibility index (Phi) is 4.84. The third-order valence-corrected chi connectivity index (χ3v) is 4.41. The van der Waals surface area contributed by atoms with E-state index in [1.54, 1.807) is 24.3 Å². The van der Waals surface area contributed by atoms with Gasteiger partial charge < -0.3 is 4.74 Å². The summed E-state index contributed by atoms with van der Waals surface area (Å²) in [5, 5.41) is 0. The molecular formula is C15H14F3NO3S. The van der Waals surface area contributed by atoms with E-state index < -0.39 is 27.0 Å². The maximum atomic E-state index is 12.4. The van der Waals surface area contributed by atoms with Crippen LogP contribution in [-0.2, 0) is 16.4 Å². The highest BCUT2D eigenvalue weighted by atomic mass is 32.2. The van der Waals surface area contributed by atoms with Gasteiger partial charge in [-0.05, 0) is 30.2 Å². The normalized spacial score (nSPS) is 12.0. The van der Waals surface area contributed by atoms with E-state index in [1.807, 2.05) is 6.92 Å². The number of aryl methyl sites for hydroxylation is 1. The van der Waals surface area contributed by atoms with Crippen LogP contribution in [0.15, 0.2) is 53.4 Å². The van der Waals surface area contributed by atoms with Crippen LogP contribution in [0.1, 0.15) is 12.5 Å². The molecule has 0 amide bonds. The number of sulfonamides is 1. The SMILES string of the molecule is CCc1ccccc1NS(=O)(=O)c1ccccc1OC(F)(F)F. The van der Waals surface area contributed by atoms with Crippen molar-refractivity contribution in [1.82, 2.24) is 0 Å². The Morgan fingerprint density at radius 1 is 1.04 bits per heavy atom. The van der Waals surface area contributed by atoms with Crippen molar-refractivity contribution in [1.29, 1.82) is 0 Å². The van der Waals surface area contributed by atoms with Gasteiger partial charge in [-0.2, -0.15) is 0 Å². The van der Waals surface area contributed by atoms with Gasteiger partial charge in [-0.3, -0.25) is 4.72 Å². The quantitative estimate of drug-likeness (QED) is 0.893. The molecule has 0 saturated carbocycles. The summed E-state index contributed by atoms with van der Waals surface area (Å²) in [7, 11) is -4.22. The summed E-state index contributed by atoms with van der Waals surface area (Å²) in [6, 6.07) is 11.3. The van der Waals surface area contributed by atoms with Crippen molar-refractivity contribution in [3.8, 4) is 5.75 Å². The summed E-state index contributed by atoms with van der Waals surface area (Å²) in [5.74, 6) is -0.776. The van der Waals surface area contributed by atoms with Gasteiger partial charge in [0, 0.05) is 0 Å². The number of halogens is 3. The molecule has 0 atom stereocenters. The summed E-state index contributed by atoms with van der Waals surface area (Å²) in [4.78, 5) is -0.580. The first-order valence-corrected chi connectivity index (χ1v) is 8.17. The lowest BCUT2D eigenvalue weighted by atomic mass is 10.1. The van der Waals surface area contributed by atoms with Gasteiger partial charge in [0.25, 0.3) is 10.0 Å². The van der Waals surface area contributed by atoms with Crippen molar-refractivity contribution < 1.29 is 26.3 Å². The zero-order valence-electron chi connectivity index (χ0n) is 12.1. The van der Waals surface area contributed by atoms with E-state index in [1.165, 1.54) is 12.1 Å². The highest BCUT2D eigenvalue weighted by molar-refractivity contribution is 7.92. The number of hydrogen-bond acceptors (Lipinski definition) is 3. The van der Waals surface area contributed by atoms with Gasteiger partial charge in [0.05, 0.1) is 5.69 Å². The minimum atomic E-state index is -4.98. The molecular weight excluding hydrogens is 331 g/mol. The number of anilines is 1. The molecule has 0 saturated heterocycles. The highest BCUT2D eigenvalue weighted by Gasteiger charge is 2.34. The first-order chi connectivity index (χ1) is 10.7. The van der Waals surface area contributed by atoms with Crippen molar-refractivity contribution in [3.63, 3.8) is 0 Å². The van der Waals surface area contributed by atoms with Crippen LogP contribution in [0.25, 0.3) is 0 Å². The van der Waals surface area contributed by atoms with Gasteiger partial charge in [-0.25, -0.2) is 8.42 Å². The molecule has 0 aliphatic heterocycles. The zero-order chi connectivity index (χ0) is 17.1. The molecule has 23 heavy (non-hydrogen) atoms. The van der Waals surface area contributed by atoms with Crippen molar-refractivity contribution in [3.05, 3.63) is 54.1 Å². The van der Waals surface area contributed by atoms with Crippen molar-refractivity contribution in [2.75, 3.05) is 4.72 Å². The minimum absolute atomic E-state index is 0.316. The van der Waals surface area contributed by atoms with E-state index in [-0.39, 0.29) is 0 Å². The van der Waals surface area contributed by atoms with Crippen LogP contribution in [0.3, 0.4) is 0 Å². The van der Waals surface area contributed by atoms with Gasteiger partial charge in [0.1, 0.15) is 10.6 Å². The van der Waals surface area contributed by atoms with Gasteiger partial charge in [0.15, 0.2) is 0 Å². The van der Waals surface area contributed by atoms with E-state index in [4.69, 9.17) is 0 Å². The summed E-state index contributed by atoms with van der Waals surface area (Å²) < 4.78 is 68.2. The Morgan fingerprint density at radius 3 is 2.30 bits per heavy atom. The fourth-order valence-corrected chi connectivity index (χ4v) is 3.24. The Balaban J connectivity index is 2.41. The third kappa shape index (κ3) is 4.38. The molecule has 0 aromatic heterocycles. The Morgan fingerprint density at radius 2 is 1.65 bits per heavy atom. The first kappa shape index (κ1) is 17.1. The second-order valence-corrected chi connectivity index (χ2v) is 6.26. The predicted molar refractivity (Wildman–Crippen MR) is 79.8 cm³/mol. The van der Waals surface area contributed by atoms with Gasteiger partial charge in [-0.1, -0.05) is 37.3 Å². The average Bonchev–Trinajstić information content (AvgIpc) is 2.46. The molecule has 0 unspecified atom stereocenters. The molecule has 2 rings (SSSR count). The second kappa shape index (κ2) is 6.49. The van der Waals surface area contributed by atoms with Crippen LogP contribution < -0.4 is 9.46 Å². The number of hydrogen-bond donors (Lipinski definition) is 1. The summed E-state index contributed by atoms with van der Waals surface area (Å²) in [5.41, 5.74) is 1.04. The monoisotopic (exact) mass is 345 g/mol. The Hall–Kier alpha value is -2.22. The van der Waals surface area contributed by atoms with Crippen LogP contribution in [0, 0.1) is 0 Å². The molecule has 1 N–H and O–H groups in total. The molecule has 0 bridgehead atoms. The largest absolute Gasteiger partial charge is 0.573 e. The van der Waals surface area contributed by atoms with E-state index >= 15 is 0 Å². The molecule has 0 radical (unpaired) electrons. The number of ether oxygens (including phenoxy) is 1. The maximum Gasteiger partial charge on any atom is 0.573 e. The van der Waals surface area contributed by atoms with E-state index in [9.17, 15) is 21.6 Å². The lowest BCUT2D eigenvalue weighted by molar-refractivity contribution is -0.275. The fourth-order valence-electron chi connectivity index (χ4n) is 2.01. The Bertz CT molecular complexity index is 789. The molecule has 124 valence electrons. The molecule has 0 spiro atoms. The Labute approximate surface area is 132 Å². The van der Waals surface area contributed by atoms with Crippen LogP contribution in [0.2, 0.25) is 0 Å². The van der Waals surface area contributed by atoms with E-state index in [2.05, 4.69) is 9.46 Å². The number of benzene rings is 2. The third-order valence-electron chi connectivity index (χ3n) is 3.01. The fraction of sp³-hybridized carbons (Fsp3) is 0.200. The summed E-state index contributed by atoms with van der Waals surface area (Å²) in [6.07, 6.45) is -4.41. The lowest BCUT2D eigenvalue weighted by Gasteiger charge is -2.15. The molecule has 0 heterocycles.